The summed E-state index contributed by atoms with van der Waals surface area (Å²) in [5, 5.41) is 0.744. The second-order valence-corrected chi connectivity index (χ2v) is 7.74. The van der Waals surface area contributed by atoms with Gasteiger partial charge in [-0.3, -0.25) is 0 Å². The zero-order chi connectivity index (χ0) is 18.3. The number of nitrogens with zero attached hydrogens (tertiary/aromatic N) is 4. The second-order valence-electron chi connectivity index (χ2n) is 7.30. The Labute approximate surface area is 159 Å². The maximum absolute atomic E-state index is 6.14. The predicted molar refractivity (Wildman–Crippen MR) is 107 cm³/mol. The fourth-order valence-corrected chi connectivity index (χ4v) is 4.22. The van der Waals surface area contributed by atoms with Gasteiger partial charge < -0.3 is 4.57 Å². The molecule has 0 aliphatic heterocycles. The Morgan fingerprint density at radius 2 is 2.04 bits per heavy atom. The Bertz CT molecular complexity index is 943. The molecule has 0 spiro atoms. The van der Waals surface area contributed by atoms with Gasteiger partial charge in [0.1, 0.15) is 23.4 Å². The van der Waals surface area contributed by atoms with Crippen LogP contribution in [0.15, 0.2) is 24.5 Å². The highest BCUT2D eigenvalue weighted by molar-refractivity contribution is 6.30. The molecule has 0 radical (unpaired) electrons. The molecule has 2 aromatic heterocycles. The fourth-order valence-electron chi connectivity index (χ4n) is 3.99. The van der Waals surface area contributed by atoms with Crippen molar-refractivity contribution >= 4 is 22.8 Å². The van der Waals surface area contributed by atoms with Crippen LogP contribution in [0.25, 0.3) is 22.4 Å². The largest absolute Gasteiger partial charge is 0.309 e. The molecule has 136 valence electrons. The summed E-state index contributed by atoms with van der Waals surface area (Å²) < 4.78 is 2.41. The summed E-state index contributed by atoms with van der Waals surface area (Å²) in [6.07, 6.45) is 7.59. The van der Waals surface area contributed by atoms with Crippen LogP contribution in [-0.2, 0) is 6.42 Å². The molecule has 4 rings (SSSR count). The van der Waals surface area contributed by atoms with Crippen molar-refractivity contribution in [1.82, 2.24) is 19.5 Å². The van der Waals surface area contributed by atoms with Crippen LogP contribution >= 0.6 is 11.6 Å². The van der Waals surface area contributed by atoms with Gasteiger partial charge in [0.2, 0.25) is 0 Å². The second kappa shape index (κ2) is 6.99. The molecule has 0 bridgehead atoms. The van der Waals surface area contributed by atoms with Gasteiger partial charge in [-0.15, -0.1) is 0 Å². The van der Waals surface area contributed by atoms with Gasteiger partial charge in [0, 0.05) is 23.0 Å². The van der Waals surface area contributed by atoms with Crippen molar-refractivity contribution in [2.75, 3.05) is 0 Å². The first-order valence-electron chi connectivity index (χ1n) is 9.62. The number of aryl methyl sites for hydroxylation is 2. The standard InChI is InChI=1S/C21H25ClN4/c1-4-6-17(14-7-8-14)26-18(5-2)25-20-19(23-12-24-21(20)26)16-10-9-15(22)11-13(16)3/h9-12,14,17H,4-8H2,1-3H3. The minimum Gasteiger partial charge on any atom is -0.309 e. The molecule has 1 aromatic carbocycles. The first kappa shape index (κ1) is 17.5. The van der Waals surface area contributed by atoms with Gasteiger partial charge in [-0.25, -0.2) is 15.0 Å². The molecule has 26 heavy (non-hydrogen) atoms. The molecular formula is C21H25ClN4. The number of halogens is 1. The Morgan fingerprint density at radius 1 is 1.23 bits per heavy atom. The van der Waals surface area contributed by atoms with Gasteiger partial charge in [-0.1, -0.05) is 37.9 Å². The van der Waals surface area contributed by atoms with E-state index in [1.807, 2.05) is 18.2 Å². The highest BCUT2D eigenvalue weighted by Gasteiger charge is 2.34. The van der Waals surface area contributed by atoms with Crippen molar-refractivity contribution in [2.24, 2.45) is 5.92 Å². The summed E-state index contributed by atoms with van der Waals surface area (Å²) in [5.74, 6) is 1.90. The monoisotopic (exact) mass is 368 g/mol. The van der Waals surface area contributed by atoms with E-state index in [4.69, 9.17) is 16.6 Å². The van der Waals surface area contributed by atoms with Crippen molar-refractivity contribution in [3.8, 4) is 11.3 Å². The number of hydrogen-bond donors (Lipinski definition) is 0. The highest BCUT2D eigenvalue weighted by atomic mass is 35.5. The minimum atomic E-state index is 0.508. The molecule has 0 saturated heterocycles. The first-order chi connectivity index (χ1) is 12.6. The normalized spacial score (nSPS) is 15.5. The highest BCUT2D eigenvalue weighted by Crippen LogP contribution is 2.44. The molecule has 1 saturated carbocycles. The van der Waals surface area contributed by atoms with Gasteiger partial charge in [0.05, 0.1) is 0 Å². The molecule has 0 N–H and O–H groups in total. The third kappa shape index (κ3) is 3.01. The van der Waals surface area contributed by atoms with Gasteiger partial charge in [-0.2, -0.15) is 0 Å². The van der Waals surface area contributed by atoms with Crippen molar-refractivity contribution in [3.63, 3.8) is 0 Å². The van der Waals surface area contributed by atoms with Gasteiger partial charge in [0.15, 0.2) is 5.65 Å². The lowest BCUT2D eigenvalue weighted by Crippen LogP contribution is -2.14. The topological polar surface area (TPSA) is 43.6 Å². The van der Waals surface area contributed by atoms with Gasteiger partial charge in [-0.05, 0) is 49.8 Å². The number of imidazole rings is 1. The van der Waals surface area contributed by atoms with Crippen LogP contribution in [0.3, 0.4) is 0 Å². The van der Waals surface area contributed by atoms with Crippen LogP contribution in [0.1, 0.15) is 57.0 Å². The van der Waals surface area contributed by atoms with Gasteiger partial charge >= 0.3 is 0 Å². The van der Waals surface area contributed by atoms with Crippen molar-refractivity contribution in [3.05, 3.63) is 40.9 Å². The summed E-state index contributed by atoms with van der Waals surface area (Å²) in [5.41, 5.74) is 4.98. The van der Waals surface area contributed by atoms with E-state index >= 15 is 0 Å². The number of benzene rings is 1. The lowest BCUT2D eigenvalue weighted by Gasteiger charge is -2.20. The Balaban J connectivity index is 1.92. The average Bonchev–Trinajstić information content (AvgIpc) is 3.40. The zero-order valence-electron chi connectivity index (χ0n) is 15.7. The first-order valence-corrected chi connectivity index (χ1v) is 10.00. The SMILES string of the molecule is CCCC(C1CC1)n1c(CC)nc2c(-c3ccc(Cl)cc3C)ncnc21. The van der Waals surface area contributed by atoms with E-state index in [1.165, 1.54) is 25.7 Å². The van der Waals surface area contributed by atoms with E-state index in [2.05, 4.69) is 35.3 Å². The van der Waals surface area contributed by atoms with E-state index in [0.717, 1.165) is 51.2 Å². The molecule has 3 aromatic rings. The average molecular weight is 369 g/mol. The lowest BCUT2D eigenvalue weighted by molar-refractivity contribution is 0.407. The predicted octanol–water partition coefficient (Wildman–Crippen LogP) is 5.77. The van der Waals surface area contributed by atoms with Crippen LogP contribution in [0.5, 0.6) is 0 Å². The number of rotatable bonds is 6. The molecule has 1 aliphatic carbocycles. The molecule has 5 heteroatoms. The summed E-state index contributed by atoms with van der Waals surface area (Å²) in [4.78, 5) is 14.2. The van der Waals surface area contributed by atoms with E-state index in [1.54, 1.807) is 6.33 Å². The molecular weight excluding hydrogens is 344 g/mol. The van der Waals surface area contributed by atoms with Crippen LogP contribution in [0.4, 0.5) is 0 Å². The number of hydrogen-bond acceptors (Lipinski definition) is 3. The molecule has 1 unspecified atom stereocenters. The van der Waals surface area contributed by atoms with Crippen molar-refractivity contribution in [2.45, 2.75) is 58.9 Å². The Hall–Kier alpha value is -1.94. The van der Waals surface area contributed by atoms with Crippen molar-refractivity contribution < 1.29 is 0 Å². The molecule has 2 heterocycles. The Morgan fingerprint density at radius 3 is 2.69 bits per heavy atom. The summed E-state index contributed by atoms with van der Waals surface area (Å²) in [7, 11) is 0. The van der Waals surface area contributed by atoms with E-state index in [0.29, 0.717) is 6.04 Å². The molecule has 1 atom stereocenters. The molecule has 0 amide bonds. The minimum absolute atomic E-state index is 0.508. The zero-order valence-corrected chi connectivity index (χ0v) is 16.4. The van der Waals surface area contributed by atoms with Crippen LogP contribution < -0.4 is 0 Å². The lowest BCUT2D eigenvalue weighted by atomic mass is 10.0. The maximum Gasteiger partial charge on any atom is 0.164 e. The van der Waals surface area contributed by atoms with E-state index < -0.39 is 0 Å². The third-order valence-corrected chi connectivity index (χ3v) is 5.63. The van der Waals surface area contributed by atoms with E-state index in [9.17, 15) is 0 Å². The quantitative estimate of drug-likeness (QED) is 0.554. The molecule has 1 fully saturated rings. The summed E-state index contributed by atoms with van der Waals surface area (Å²) >= 11 is 6.14. The van der Waals surface area contributed by atoms with Gasteiger partial charge in [0.25, 0.3) is 0 Å². The fraction of sp³-hybridized carbons (Fsp3) is 0.476. The summed E-state index contributed by atoms with van der Waals surface area (Å²) in [6, 6.07) is 6.44. The molecule has 4 nitrogen and oxygen atoms in total. The van der Waals surface area contributed by atoms with E-state index in [-0.39, 0.29) is 0 Å². The van der Waals surface area contributed by atoms with Crippen LogP contribution in [0, 0.1) is 12.8 Å². The van der Waals surface area contributed by atoms with Crippen molar-refractivity contribution in [1.29, 1.82) is 0 Å². The maximum atomic E-state index is 6.14. The number of fused-ring (bicyclic) bond motifs is 1. The smallest absolute Gasteiger partial charge is 0.164 e. The van der Waals surface area contributed by atoms with Crippen LogP contribution in [-0.4, -0.2) is 19.5 Å². The number of aromatic nitrogens is 4. The Kier molecular flexibility index (Phi) is 4.70. The summed E-state index contributed by atoms with van der Waals surface area (Å²) in [6.45, 7) is 6.50. The van der Waals surface area contributed by atoms with Crippen LogP contribution in [0.2, 0.25) is 5.02 Å². The third-order valence-electron chi connectivity index (χ3n) is 5.39. The molecule has 1 aliphatic rings.